The van der Waals surface area contributed by atoms with E-state index in [4.69, 9.17) is 0 Å². The van der Waals surface area contributed by atoms with Crippen molar-refractivity contribution in [2.45, 2.75) is 16.0 Å². The second-order valence-electron chi connectivity index (χ2n) is 6.60. The van der Waals surface area contributed by atoms with Gasteiger partial charge in [0.1, 0.15) is 10.6 Å². The normalized spacial score (nSPS) is 12.5. The maximum absolute atomic E-state index is 13.2. The van der Waals surface area contributed by atoms with Crippen molar-refractivity contribution in [3.05, 3.63) is 72.6 Å². The Morgan fingerprint density at radius 3 is 2.58 bits per heavy atom. The number of hydrogen-bond acceptors (Lipinski definition) is 5. The van der Waals surface area contributed by atoms with Gasteiger partial charge in [-0.25, -0.2) is 18.1 Å². The van der Waals surface area contributed by atoms with Crippen LogP contribution in [0.3, 0.4) is 0 Å². The minimum absolute atomic E-state index is 0.0359. The van der Waals surface area contributed by atoms with E-state index in [0.717, 1.165) is 17.8 Å². The maximum atomic E-state index is 13.2. The number of alkyl halides is 3. The van der Waals surface area contributed by atoms with Crippen molar-refractivity contribution >= 4 is 43.6 Å². The van der Waals surface area contributed by atoms with E-state index in [1.165, 1.54) is 18.3 Å². The highest BCUT2D eigenvalue weighted by atomic mass is 32.2. The molecule has 0 radical (unpaired) electrons. The number of para-hydroxylation sites is 2. The highest BCUT2D eigenvalue weighted by Gasteiger charge is 2.33. The molecule has 0 saturated carbocycles. The summed E-state index contributed by atoms with van der Waals surface area (Å²) in [5.41, 5.74) is -0.376. The number of pyridine rings is 2. The molecular weight excluding hydrogens is 447 g/mol. The van der Waals surface area contributed by atoms with Crippen LogP contribution in [0.5, 0.6) is 0 Å². The van der Waals surface area contributed by atoms with Crippen LogP contribution in [-0.4, -0.2) is 30.7 Å². The minimum Gasteiger partial charge on any atom is -0.255 e. The highest BCUT2D eigenvalue weighted by Crippen LogP contribution is 2.34. The van der Waals surface area contributed by atoms with E-state index >= 15 is 0 Å². The van der Waals surface area contributed by atoms with E-state index in [1.54, 1.807) is 42.5 Å². The predicted octanol–water partition coefficient (Wildman–Crippen LogP) is 4.87. The third-order valence-corrected chi connectivity index (χ3v) is 7.06. The summed E-state index contributed by atoms with van der Waals surface area (Å²) >= 11 is 1.14. The van der Waals surface area contributed by atoms with Crippen molar-refractivity contribution in [3.63, 3.8) is 0 Å². The van der Waals surface area contributed by atoms with E-state index in [2.05, 4.69) is 14.7 Å². The van der Waals surface area contributed by atoms with E-state index < -0.39 is 21.9 Å². The minimum atomic E-state index is -4.57. The lowest BCUT2D eigenvalue weighted by atomic mass is 10.2. The molecule has 0 atom stereocenters. The van der Waals surface area contributed by atoms with Gasteiger partial charge in [-0.1, -0.05) is 36.4 Å². The van der Waals surface area contributed by atoms with E-state index in [9.17, 15) is 21.6 Å². The first-order valence-corrected chi connectivity index (χ1v) is 11.7. The van der Waals surface area contributed by atoms with Crippen LogP contribution < -0.4 is 4.72 Å². The van der Waals surface area contributed by atoms with Gasteiger partial charge in [-0.05, 0) is 24.3 Å². The van der Waals surface area contributed by atoms with Crippen LogP contribution in [0.25, 0.3) is 21.8 Å². The molecule has 5 nitrogen and oxygen atoms in total. The second-order valence-corrected chi connectivity index (χ2v) is 9.47. The maximum Gasteiger partial charge on any atom is 0.433 e. The summed E-state index contributed by atoms with van der Waals surface area (Å²) in [7, 11) is -3.83. The quantitative estimate of drug-likeness (QED) is 0.326. The van der Waals surface area contributed by atoms with Crippen LogP contribution in [0.2, 0.25) is 0 Å². The molecule has 0 amide bonds. The SMILES string of the molecule is O=S(=O)(NCCSc1cc(C(F)(F)F)nc2ccccc12)c1cccc2cccnc12. The lowest BCUT2D eigenvalue weighted by Crippen LogP contribution is -2.26. The first kappa shape index (κ1) is 21.5. The van der Waals surface area contributed by atoms with Gasteiger partial charge < -0.3 is 0 Å². The summed E-state index contributed by atoms with van der Waals surface area (Å²) in [6, 6.07) is 15.9. The first-order valence-electron chi connectivity index (χ1n) is 9.19. The molecule has 10 heteroatoms. The Bertz CT molecular complexity index is 1350. The van der Waals surface area contributed by atoms with Gasteiger partial charge in [0.2, 0.25) is 10.0 Å². The Labute approximate surface area is 180 Å². The number of fused-ring (bicyclic) bond motifs is 2. The van der Waals surface area contributed by atoms with Gasteiger partial charge in [0.15, 0.2) is 0 Å². The van der Waals surface area contributed by atoms with Crippen molar-refractivity contribution in [3.8, 4) is 0 Å². The molecule has 0 aliphatic heterocycles. The molecule has 0 spiro atoms. The smallest absolute Gasteiger partial charge is 0.255 e. The molecule has 0 aliphatic carbocycles. The topological polar surface area (TPSA) is 72.0 Å². The van der Waals surface area contributed by atoms with Crippen LogP contribution in [-0.2, 0) is 16.2 Å². The molecule has 0 aliphatic rings. The number of sulfonamides is 1. The molecule has 0 unspecified atom stereocenters. The van der Waals surface area contributed by atoms with Crippen molar-refractivity contribution in [2.75, 3.05) is 12.3 Å². The zero-order valence-electron chi connectivity index (χ0n) is 15.9. The van der Waals surface area contributed by atoms with Gasteiger partial charge in [0, 0.05) is 34.2 Å². The monoisotopic (exact) mass is 463 g/mol. The number of nitrogens with one attached hydrogen (secondary N) is 1. The van der Waals surface area contributed by atoms with Crippen molar-refractivity contribution in [1.82, 2.24) is 14.7 Å². The Hall–Kier alpha value is -2.69. The molecule has 0 bridgehead atoms. The van der Waals surface area contributed by atoms with Gasteiger partial charge >= 0.3 is 6.18 Å². The molecule has 2 aromatic carbocycles. The van der Waals surface area contributed by atoms with Gasteiger partial charge in [0.25, 0.3) is 0 Å². The number of hydrogen-bond donors (Lipinski definition) is 1. The number of thioether (sulfide) groups is 1. The fourth-order valence-corrected chi connectivity index (χ4v) is 5.40. The molecule has 0 saturated heterocycles. The molecular formula is C21H16F3N3O2S2. The summed E-state index contributed by atoms with van der Waals surface area (Å²) in [6.45, 7) is 0.0359. The van der Waals surface area contributed by atoms with Crippen LogP contribution in [0, 0.1) is 0 Å². The van der Waals surface area contributed by atoms with Gasteiger partial charge in [-0.3, -0.25) is 4.98 Å². The summed E-state index contributed by atoms with van der Waals surface area (Å²) in [4.78, 5) is 8.29. The summed E-state index contributed by atoms with van der Waals surface area (Å²) in [5, 5.41) is 1.28. The number of aromatic nitrogens is 2. The van der Waals surface area contributed by atoms with Crippen LogP contribution in [0.1, 0.15) is 5.69 Å². The fraction of sp³-hybridized carbons (Fsp3) is 0.143. The first-order chi connectivity index (χ1) is 14.8. The number of nitrogens with zero attached hydrogens (tertiary/aromatic N) is 2. The van der Waals surface area contributed by atoms with Crippen molar-refractivity contribution < 1.29 is 21.6 Å². The summed E-state index contributed by atoms with van der Waals surface area (Å²) in [6.07, 6.45) is -3.05. The molecule has 2 aromatic heterocycles. The van der Waals surface area contributed by atoms with Crippen LogP contribution in [0.15, 0.2) is 76.7 Å². The molecule has 0 fully saturated rings. The largest absolute Gasteiger partial charge is 0.433 e. The molecule has 2 heterocycles. The molecule has 4 aromatic rings. The molecule has 4 rings (SSSR count). The van der Waals surface area contributed by atoms with Gasteiger partial charge in [-0.15, -0.1) is 11.8 Å². The Morgan fingerprint density at radius 2 is 1.77 bits per heavy atom. The Balaban J connectivity index is 1.52. The Kier molecular flexibility index (Phi) is 5.87. The predicted molar refractivity (Wildman–Crippen MR) is 114 cm³/mol. The van der Waals surface area contributed by atoms with E-state index in [0.29, 0.717) is 21.2 Å². The lowest BCUT2D eigenvalue weighted by molar-refractivity contribution is -0.141. The third-order valence-electron chi connectivity index (χ3n) is 4.51. The summed E-state index contributed by atoms with van der Waals surface area (Å²) < 4.78 is 67.5. The van der Waals surface area contributed by atoms with Crippen molar-refractivity contribution in [2.24, 2.45) is 0 Å². The van der Waals surface area contributed by atoms with E-state index in [1.807, 2.05) is 0 Å². The standard InChI is InChI=1S/C21H16F3N3O2S2/c22-21(23,24)19-13-17(15-7-1-2-8-16(15)27-19)30-12-11-26-31(28,29)18-9-3-5-14-6-4-10-25-20(14)18/h1-10,13,26H,11-12H2. The van der Waals surface area contributed by atoms with Gasteiger partial charge in [-0.2, -0.15) is 13.2 Å². The van der Waals surface area contributed by atoms with E-state index in [-0.39, 0.29) is 22.7 Å². The zero-order valence-corrected chi connectivity index (χ0v) is 17.6. The Morgan fingerprint density at radius 1 is 1.00 bits per heavy atom. The molecule has 31 heavy (non-hydrogen) atoms. The van der Waals surface area contributed by atoms with Gasteiger partial charge in [0.05, 0.1) is 11.0 Å². The molecule has 1 N–H and O–H groups in total. The van der Waals surface area contributed by atoms with Crippen molar-refractivity contribution in [1.29, 1.82) is 0 Å². The third kappa shape index (κ3) is 4.65. The van der Waals surface area contributed by atoms with Crippen LogP contribution >= 0.6 is 11.8 Å². The average molecular weight is 464 g/mol. The average Bonchev–Trinajstić information content (AvgIpc) is 2.75. The summed E-state index contributed by atoms with van der Waals surface area (Å²) in [5.74, 6) is 0.239. The number of rotatable bonds is 6. The lowest BCUT2D eigenvalue weighted by Gasteiger charge is -2.12. The number of benzene rings is 2. The van der Waals surface area contributed by atoms with Crippen LogP contribution in [0.4, 0.5) is 13.2 Å². The second kappa shape index (κ2) is 8.45. The number of halogens is 3. The fourth-order valence-electron chi connectivity index (χ4n) is 3.12. The highest BCUT2D eigenvalue weighted by molar-refractivity contribution is 7.99. The zero-order chi connectivity index (χ0) is 22.1. The molecule has 160 valence electrons.